The van der Waals surface area contributed by atoms with Crippen LogP contribution in [0.3, 0.4) is 0 Å². The molecule has 4 heteroatoms. The fraction of sp³-hybridized carbons (Fsp3) is 0. The van der Waals surface area contributed by atoms with Crippen molar-refractivity contribution in [3.63, 3.8) is 0 Å². The summed E-state index contributed by atoms with van der Waals surface area (Å²) < 4.78 is 0. The van der Waals surface area contributed by atoms with Crippen LogP contribution in [0.5, 0.6) is 0 Å². The Kier molecular flexibility index (Phi) is 5.81. The van der Waals surface area contributed by atoms with Gasteiger partial charge in [0.1, 0.15) is 0 Å². The maximum absolute atomic E-state index is 4.94. The first-order valence-electron chi connectivity index (χ1n) is 8.73. The Morgan fingerprint density at radius 3 is 1.82 bits per heavy atom. The first-order chi connectivity index (χ1) is 13.9. The molecule has 0 spiro atoms. The van der Waals surface area contributed by atoms with E-state index in [1.54, 1.807) is 18.8 Å². The maximum atomic E-state index is 4.94. The van der Waals surface area contributed by atoms with Gasteiger partial charge in [-0.3, -0.25) is 4.98 Å². The third kappa shape index (κ3) is 3.71. The Bertz CT molecular complexity index is 1130. The molecule has 0 aliphatic carbocycles. The van der Waals surface area contributed by atoms with Crippen LogP contribution in [0.15, 0.2) is 91.0 Å². The molecule has 28 heavy (non-hydrogen) atoms. The van der Waals surface area contributed by atoms with Crippen molar-refractivity contribution in [3.8, 4) is 22.5 Å². The molecule has 0 radical (unpaired) electrons. The SMILES string of the molecule is [Cl][Pt+].[c-]1ccccc1-c1ccc2ccc3ccc(-c4ccccc4)nc3c2n1. The summed E-state index contributed by atoms with van der Waals surface area (Å²) in [4.78, 5) is 9.85. The number of nitrogens with zero attached hydrogens (tertiary/aromatic N) is 2. The van der Waals surface area contributed by atoms with Crippen LogP contribution >= 0.6 is 9.42 Å². The Morgan fingerprint density at radius 2 is 1.18 bits per heavy atom. The number of rotatable bonds is 2. The molecule has 0 amide bonds. The van der Waals surface area contributed by atoms with Gasteiger partial charge in [0.15, 0.2) is 0 Å². The van der Waals surface area contributed by atoms with Crippen molar-refractivity contribution in [1.29, 1.82) is 0 Å². The van der Waals surface area contributed by atoms with E-state index in [0.29, 0.717) is 0 Å². The van der Waals surface area contributed by atoms with E-state index in [2.05, 4.69) is 57.9 Å². The molecule has 2 aromatic heterocycles. The third-order valence-electron chi connectivity index (χ3n) is 4.57. The van der Waals surface area contributed by atoms with Crippen molar-refractivity contribution in [3.05, 3.63) is 97.1 Å². The van der Waals surface area contributed by atoms with Gasteiger partial charge in [0, 0.05) is 16.3 Å². The molecule has 5 rings (SSSR count). The van der Waals surface area contributed by atoms with Crippen LogP contribution < -0.4 is 0 Å². The standard InChI is InChI=1S/C24H15N2.ClH.Pt/c1-3-7-17(8-4-1)21-15-13-19-11-12-20-14-16-22(18-9-5-2-6-10-18)26-24(20)23(19)25-21;;/h1-9,11-16H;1H;/q-1;;+2/p-1. The van der Waals surface area contributed by atoms with Crippen molar-refractivity contribution in [2.24, 2.45) is 0 Å². The van der Waals surface area contributed by atoms with Crippen LogP contribution in [0, 0.1) is 6.07 Å². The molecule has 0 unspecified atom stereocenters. The first-order valence-corrected chi connectivity index (χ1v) is 11.5. The van der Waals surface area contributed by atoms with Crippen molar-refractivity contribution in [1.82, 2.24) is 9.97 Å². The van der Waals surface area contributed by atoms with Gasteiger partial charge in [-0.25, -0.2) is 4.98 Å². The number of hydrogen-bond acceptors (Lipinski definition) is 2. The van der Waals surface area contributed by atoms with Gasteiger partial charge in [-0.2, -0.15) is 0 Å². The number of hydrogen-bond donors (Lipinski definition) is 0. The van der Waals surface area contributed by atoms with Crippen molar-refractivity contribution >= 4 is 31.2 Å². The Labute approximate surface area is 179 Å². The average molecular weight is 562 g/mol. The zero-order valence-corrected chi connectivity index (χ0v) is 17.8. The predicted octanol–water partition coefficient (Wildman–Crippen LogP) is 6.60. The van der Waals surface area contributed by atoms with Crippen LogP contribution in [-0.4, -0.2) is 9.97 Å². The molecule has 3 aromatic carbocycles. The van der Waals surface area contributed by atoms with Crippen molar-refractivity contribution in [2.45, 2.75) is 0 Å². The van der Waals surface area contributed by atoms with Crippen LogP contribution in [0.25, 0.3) is 44.3 Å². The van der Waals surface area contributed by atoms with Gasteiger partial charge in [0.2, 0.25) is 0 Å². The third-order valence-corrected chi connectivity index (χ3v) is 4.57. The molecular formula is C24H15ClN2Pt. The molecule has 0 fully saturated rings. The molecule has 138 valence electrons. The van der Waals surface area contributed by atoms with E-state index in [9.17, 15) is 0 Å². The molecule has 0 saturated carbocycles. The number of aromatic nitrogens is 2. The summed E-state index contributed by atoms with van der Waals surface area (Å²) in [6.45, 7) is 0. The van der Waals surface area contributed by atoms with Gasteiger partial charge in [-0.1, -0.05) is 60.7 Å². The van der Waals surface area contributed by atoms with E-state index in [1.165, 1.54) is 0 Å². The maximum Gasteiger partial charge on any atom is 0.0962 e. The Hall–Kier alpha value is -2.54. The summed E-state index contributed by atoms with van der Waals surface area (Å²) in [6, 6.07) is 34.0. The molecule has 0 bridgehead atoms. The minimum Gasteiger partial charge on any atom is -0.294 e. The van der Waals surface area contributed by atoms with Crippen LogP contribution in [0.1, 0.15) is 0 Å². The summed E-state index contributed by atoms with van der Waals surface area (Å²) in [5.41, 5.74) is 5.84. The molecule has 0 atom stereocenters. The second-order valence-electron chi connectivity index (χ2n) is 6.24. The molecule has 5 aromatic rings. The van der Waals surface area contributed by atoms with Gasteiger partial charge in [0.25, 0.3) is 0 Å². The largest absolute Gasteiger partial charge is 0.294 e. The summed E-state index contributed by atoms with van der Waals surface area (Å²) >= 11 is 1.61. The fourth-order valence-corrected chi connectivity index (χ4v) is 3.24. The van der Waals surface area contributed by atoms with E-state index in [0.717, 1.165) is 44.3 Å². The molecule has 0 saturated heterocycles. The zero-order valence-electron chi connectivity index (χ0n) is 14.7. The fourth-order valence-electron chi connectivity index (χ4n) is 3.24. The first kappa shape index (κ1) is 18.8. The summed E-state index contributed by atoms with van der Waals surface area (Å²) in [5, 5.41) is 2.19. The van der Waals surface area contributed by atoms with Crippen molar-refractivity contribution in [2.75, 3.05) is 0 Å². The smallest absolute Gasteiger partial charge is 0.0962 e. The van der Waals surface area contributed by atoms with Gasteiger partial charge in [-0.15, -0.1) is 35.9 Å². The van der Waals surface area contributed by atoms with Gasteiger partial charge in [-0.05, 0) is 11.8 Å². The molecule has 0 aliphatic heterocycles. The molecule has 2 heterocycles. The molecule has 0 N–H and O–H groups in total. The average Bonchev–Trinajstić information content (AvgIpc) is 2.81. The molecule has 0 aliphatic rings. The molecule has 2 nitrogen and oxygen atoms in total. The number of benzene rings is 3. The topological polar surface area (TPSA) is 25.8 Å². The summed E-state index contributed by atoms with van der Waals surface area (Å²) in [6.07, 6.45) is 0. The minimum atomic E-state index is 0.914. The predicted molar refractivity (Wildman–Crippen MR) is 113 cm³/mol. The summed E-state index contributed by atoms with van der Waals surface area (Å²) in [5.74, 6) is 0. The van der Waals surface area contributed by atoms with Crippen LogP contribution in [-0.2, 0) is 18.8 Å². The minimum absolute atomic E-state index is 0.914. The zero-order chi connectivity index (χ0) is 19.3. The number of halogens is 1. The number of fused-ring (bicyclic) bond motifs is 3. The Morgan fingerprint density at radius 1 is 0.607 bits per heavy atom. The van der Waals surface area contributed by atoms with E-state index >= 15 is 0 Å². The second kappa shape index (κ2) is 8.64. The van der Waals surface area contributed by atoms with Crippen molar-refractivity contribution < 1.29 is 18.8 Å². The second-order valence-corrected chi connectivity index (χ2v) is 6.24. The monoisotopic (exact) mass is 561 g/mol. The molecular weight excluding hydrogens is 547 g/mol. The normalized spacial score (nSPS) is 10.5. The van der Waals surface area contributed by atoms with E-state index in [-0.39, 0.29) is 0 Å². The number of pyridine rings is 2. The van der Waals surface area contributed by atoms with E-state index in [1.807, 2.05) is 48.5 Å². The van der Waals surface area contributed by atoms with E-state index in [4.69, 9.17) is 9.97 Å². The van der Waals surface area contributed by atoms with E-state index < -0.39 is 0 Å². The van der Waals surface area contributed by atoms with Crippen LogP contribution in [0.2, 0.25) is 0 Å². The van der Waals surface area contributed by atoms with Crippen LogP contribution in [0.4, 0.5) is 0 Å². The Balaban J connectivity index is 0.000000932. The van der Waals surface area contributed by atoms with Gasteiger partial charge >= 0.3 is 28.2 Å². The van der Waals surface area contributed by atoms with Gasteiger partial charge < -0.3 is 0 Å². The quantitative estimate of drug-likeness (QED) is 0.179. The van der Waals surface area contributed by atoms with Gasteiger partial charge in [0.05, 0.1) is 16.7 Å². The summed E-state index contributed by atoms with van der Waals surface area (Å²) in [7, 11) is 4.61.